The Morgan fingerprint density at radius 2 is 1.68 bits per heavy atom. The number of hydrogen-bond donors (Lipinski definition) is 0. The van der Waals surface area contributed by atoms with E-state index in [0.717, 1.165) is 45.4 Å². The number of nitrogens with zero attached hydrogens (tertiary/aromatic N) is 1. The third-order valence-electron chi connectivity index (χ3n) is 3.70. The van der Waals surface area contributed by atoms with E-state index in [1.807, 2.05) is 4.90 Å². The molecule has 0 aromatic rings. The first-order valence-corrected chi connectivity index (χ1v) is 7.64. The molecule has 0 aliphatic carbocycles. The van der Waals surface area contributed by atoms with Crippen LogP contribution in [0.3, 0.4) is 0 Å². The Hall–Kier alpha value is -0.770. The van der Waals surface area contributed by atoms with Crippen molar-refractivity contribution in [1.29, 1.82) is 0 Å². The molecule has 0 saturated carbocycles. The third kappa shape index (κ3) is 6.81. The molecule has 0 radical (unpaired) electrons. The molecule has 0 unspecified atom stereocenters. The second-order valence-electron chi connectivity index (χ2n) is 5.69. The van der Waals surface area contributed by atoms with E-state index in [1.54, 1.807) is 0 Å². The Labute approximate surface area is 117 Å². The van der Waals surface area contributed by atoms with Gasteiger partial charge in [0.25, 0.3) is 0 Å². The molecule has 1 fully saturated rings. The van der Waals surface area contributed by atoms with Crippen molar-refractivity contribution in [2.24, 2.45) is 5.92 Å². The van der Waals surface area contributed by atoms with Crippen LogP contribution in [0.2, 0.25) is 0 Å². The fourth-order valence-corrected chi connectivity index (χ4v) is 1.99. The highest BCUT2D eigenvalue weighted by Gasteiger charge is 2.17. The van der Waals surface area contributed by atoms with Crippen molar-refractivity contribution in [1.82, 2.24) is 4.90 Å². The average molecular weight is 271 g/mol. The van der Waals surface area contributed by atoms with Gasteiger partial charge in [-0.15, -0.1) is 0 Å². The lowest BCUT2D eigenvalue weighted by Crippen LogP contribution is -2.36. The zero-order valence-corrected chi connectivity index (χ0v) is 12.7. The SMILES string of the molecule is CC(C)[C@@H](C)OCCCCOC(=O)N1CCCCC1. The summed E-state index contributed by atoms with van der Waals surface area (Å²) < 4.78 is 10.9. The van der Waals surface area contributed by atoms with Gasteiger partial charge in [-0.1, -0.05) is 13.8 Å². The smallest absolute Gasteiger partial charge is 0.409 e. The molecule has 0 aromatic carbocycles. The van der Waals surface area contributed by atoms with E-state index in [0.29, 0.717) is 18.6 Å². The number of piperidine rings is 1. The standard InChI is InChI=1S/C15H29NO3/c1-13(2)14(3)18-11-7-8-12-19-15(17)16-9-5-4-6-10-16/h13-14H,4-12H2,1-3H3/t14-/m1/s1. The van der Waals surface area contributed by atoms with Crippen LogP contribution in [0.4, 0.5) is 4.79 Å². The summed E-state index contributed by atoms with van der Waals surface area (Å²) in [6, 6.07) is 0. The van der Waals surface area contributed by atoms with Gasteiger partial charge in [0.1, 0.15) is 0 Å². The molecule has 0 bridgehead atoms. The number of carbonyl (C=O) groups is 1. The van der Waals surface area contributed by atoms with Crippen molar-refractivity contribution >= 4 is 6.09 Å². The van der Waals surface area contributed by atoms with Crippen molar-refractivity contribution in [3.05, 3.63) is 0 Å². The molecule has 4 nitrogen and oxygen atoms in total. The molecule has 0 N–H and O–H groups in total. The molecule has 1 aliphatic rings. The van der Waals surface area contributed by atoms with Crippen molar-refractivity contribution in [3.8, 4) is 0 Å². The van der Waals surface area contributed by atoms with E-state index in [9.17, 15) is 4.79 Å². The quantitative estimate of drug-likeness (QED) is 0.666. The number of rotatable bonds is 7. The molecule has 0 aromatic heterocycles. The minimum Gasteiger partial charge on any atom is -0.449 e. The van der Waals surface area contributed by atoms with Crippen molar-refractivity contribution in [3.63, 3.8) is 0 Å². The summed E-state index contributed by atoms with van der Waals surface area (Å²) in [7, 11) is 0. The van der Waals surface area contributed by atoms with Crippen LogP contribution < -0.4 is 0 Å². The van der Waals surface area contributed by atoms with Gasteiger partial charge < -0.3 is 14.4 Å². The lowest BCUT2D eigenvalue weighted by molar-refractivity contribution is 0.0298. The molecule has 1 heterocycles. The highest BCUT2D eigenvalue weighted by molar-refractivity contribution is 5.67. The lowest BCUT2D eigenvalue weighted by Gasteiger charge is -2.25. The Balaban J connectivity index is 1.96. The van der Waals surface area contributed by atoms with Crippen LogP contribution in [0.1, 0.15) is 52.9 Å². The zero-order valence-electron chi connectivity index (χ0n) is 12.7. The fraction of sp³-hybridized carbons (Fsp3) is 0.933. The van der Waals surface area contributed by atoms with Gasteiger partial charge in [-0.2, -0.15) is 0 Å². The van der Waals surface area contributed by atoms with Crippen LogP contribution in [0, 0.1) is 5.92 Å². The van der Waals surface area contributed by atoms with E-state index in [1.165, 1.54) is 6.42 Å². The lowest BCUT2D eigenvalue weighted by atomic mass is 10.1. The first-order chi connectivity index (χ1) is 9.11. The van der Waals surface area contributed by atoms with E-state index in [-0.39, 0.29) is 6.09 Å². The van der Waals surface area contributed by atoms with Crippen LogP contribution in [0.15, 0.2) is 0 Å². The minimum absolute atomic E-state index is 0.142. The number of hydrogen-bond acceptors (Lipinski definition) is 3. The summed E-state index contributed by atoms with van der Waals surface area (Å²) in [5.74, 6) is 0.553. The van der Waals surface area contributed by atoms with Crippen LogP contribution >= 0.6 is 0 Å². The molecule has 112 valence electrons. The maximum atomic E-state index is 11.7. The molecule has 1 saturated heterocycles. The largest absolute Gasteiger partial charge is 0.449 e. The maximum absolute atomic E-state index is 11.7. The summed E-state index contributed by atoms with van der Waals surface area (Å²) in [5.41, 5.74) is 0. The number of likely N-dealkylation sites (tertiary alicyclic amines) is 1. The molecular formula is C15H29NO3. The van der Waals surface area contributed by atoms with Gasteiger partial charge in [-0.25, -0.2) is 4.79 Å². The van der Waals surface area contributed by atoms with Crippen molar-refractivity contribution in [2.75, 3.05) is 26.3 Å². The van der Waals surface area contributed by atoms with E-state index in [4.69, 9.17) is 9.47 Å². The number of unbranched alkanes of at least 4 members (excludes halogenated alkanes) is 1. The van der Waals surface area contributed by atoms with E-state index >= 15 is 0 Å². The molecule has 1 rings (SSSR count). The topological polar surface area (TPSA) is 38.8 Å². The minimum atomic E-state index is -0.142. The van der Waals surface area contributed by atoms with Crippen LogP contribution in [-0.2, 0) is 9.47 Å². The highest BCUT2D eigenvalue weighted by Crippen LogP contribution is 2.10. The fourth-order valence-electron chi connectivity index (χ4n) is 1.99. The monoisotopic (exact) mass is 271 g/mol. The number of amides is 1. The van der Waals surface area contributed by atoms with Crippen LogP contribution in [-0.4, -0.2) is 43.4 Å². The van der Waals surface area contributed by atoms with Gasteiger partial charge in [-0.05, 0) is 44.9 Å². The third-order valence-corrected chi connectivity index (χ3v) is 3.70. The normalized spacial score (nSPS) is 17.6. The van der Waals surface area contributed by atoms with Gasteiger partial charge >= 0.3 is 6.09 Å². The summed E-state index contributed by atoms with van der Waals surface area (Å²) in [5, 5.41) is 0. The second-order valence-corrected chi connectivity index (χ2v) is 5.69. The van der Waals surface area contributed by atoms with Crippen LogP contribution in [0.25, 0.3) is 0 Å². The summed E-state index contributed by atoms with van der Waals surface area (Å²) in [6.07, 6.45) is 5.43. The van der Waals surface area contributed by atoms with Crippen molar-refractivity contribution in [2.45, 2.75) is 59.0 Å². The van der Waals surface area contributed by atoms with E-state index < -0.39 is 0 Å². The Bertz CT molecular complexity index is 250. The molecule has 0 spiro atoms. The zero-order chi connectivity index (χ0) is 14.1. The Morgan fingerprint density at radius 1 is 1.05 bits per heavy atom. The first kappa shape index (κ1) is 16.3. The Morgan fingerprint density at radius 3 is 2.32 bits per heavy atom. The average Bonchev–Trinajstić information content (AvgIpc) is 2.42. The number of ether oxygens (including phenoxy) is 2. The van der Waals surface area contributed by atoms with Gasteiger partial charge in [-0.3, -0.25) is 0 Å². The molecule has 1 atom stereocenters. The van der Waals surface area contributed by atoms with E-state index in [2.05, 4.69) is 20.8 Å². The summed E-state index contributed by atoms with van der Waals surface area (Å²) >= 11 is 0. The van der Waals surface area contributed by atoms with Gasteiger partial charge in [0.2, 0.25) is 0 Å². The van der Waals surface area contributed by atoms with Gasteiger partial charge in [0.15, 0.2) is 0 Å². The predicted molar refractivity (Wildman–Crippen MR) is 76.3 cm³/mol. The Kier molecular flexibility index (Phi) is 7.87. The first-order valence-electron chi connectivity index (χ1n) is 7.64. The van der Waals surface area contributed by atoms with Crippen molar-refractivity contribution < 1.29 is 14.3 Å². The molecule has 1 amide bonds. The van der Waals surface area contributed by atoms with Crippen LogP contribution in [0.5, 0.6) is 0 Å². The van der Waals surface area contributed by atoms with Gasteiger partial charge in [0.05, 0.1) is 12.7 Å². The number of carbonyl (C=O) groups excluding carboxylic acids is 1. The predicted octanol–water partition coefficient (Wildman–Crippen LogP) is 3.45. The summed E-state index contributed by atoms with van der Waals surface area (Å²) in [4.78, 5) is 13.5. The maximum Gasteiger partial charge on any atom is 0.409 e. The molecule has 1 aliphatic heterocycles. The second kappa shape index (κ2) is 9.18. The molecule has 4 heteroatoms. The molecule has 19 heavy (non-hydrogen) atoms. The van der Waals surface area contributed by atoms with Gasteiger partial charge in [0, 0.05) is 19.7 Å². The molecular weight excluding hydrogens is 242 g/mol. The summed E-state index contributed by atoms with van der Waals surface area (Å²) in [6.45, 7) is 9.38. The highest BCUT2D eigenvalue weighted by atomic mass is 16.6.